The molecule has 3 N–H and O–H groups in total. The molecule has 4 aromatic rings. The van der Waals surface area contributed by atoms with Crippen LogP contribution in [0.1, 0.15) is 10.4 Å². The lowest BCUT2D eigenvalue weighted by Gasteiger charge is -2.34. The zero-order valence-electron chi connectivity index (χ0n) is 18.4. The standard InChI is InChI=1S/C25H24ClN5O3/c26-23-18(2-1-7-27-23)16-4-6-22(33)19(14-16)24-28-20-5-3-17(15-21(20)29-24)25(34)31-10-8-30(9-11-31)12-13-32/h1-7,14-15,32-33H,8-13H2,(H,28,29). The van der Waals surface area contributed by atoms with Crippen LogP contribution in [0.2, 0.25) is 5.15 Å². The molecule has 0 bridgehead atoms. The van der Waals surface area contributed by atoms with Gasteiger partial charge in [-0.05, 0) is 48.0 Å². The molecule has 8 nitrogen and oxygen atoms in total. The number of benzene rings is 2. The first-order valence-corrected chi connectivity index (χ1v) is 11.5. The van der Waals surface area contributed by atoms with E-state index in [4.69, 9.17) is 16.7 Å². The van der Waals surface area contributed by atoms with Crippen molar-refractivity contribution in [2.75, 3.05) is 39.3 Å². The number of phenolic OH excluding ortho intramolecular Hbond substituents is 1. The van der Waals surface area contributed by atoms with E-state index >= 15 is 0 Å². The Morgan fingerprint density at radius 3 is 2.65 bits per heavy atom. The van der Waals surface area contributed by atoms with Gasteiger partial charge in [0.05, 0.1) is 23.2 Å². The largest absolute Gasteiger partial charge is 0.507 e. The molecule has 0 spiro atoms. The highest BCUT2D eigenvalue weighted by Gasteiger charge is 2.22. The predicted molar refractivity (Wildman–Crippen MR) is 131 cm³/mol. The van der Waals surface area contributed by atoms with E-state index < -0.39 is 0 Å². The van der Waals surface area contributed by atoms with Crippen LogP contribution in [0.15, 0.2) is 54.7 Å². The number of hydrogen-bond donors (Lipinski definition) is 3. The van der Waals surface area contributed by atoms with Crippen LogP contribution in [0.5, 0.6) is 5.75 Å². The number of aliphatic hydroxyl groups excluding tert-OH is 1. The van der Waals surface area contributed by atoms with Crippen molar-refractivity contribution in [3.05, 3.63) is 65.4 Å². The van der Waals surface area contributed by atoms with Crippen LogP contribution in [-0.2, 0) is 0 Å². The molecule has 0 radical (unpaired) electrons. The molecule has 0 atom stereocenters. The quantitative estimate of drug-likeness (QED) is 0.380. The minimum atomic E-state index is -0.0298. The summed E-state index contributed by atoms with van der Waals surface area (Å²) < 4.78 is 0. The molecule has 2 aromatic heterocycles. The summed E-state index contributed by atoms with van der Waals surface area (Å²) in [4.78, 5) is 29.0. The van der Waals surface area contributed by atoms with Crippen molar-refractivity contribution in [2.45, 2.75) is 0 Å². The Balaban J connectivity index is 1.42. The van der Waals surface area contributed by atoms with E-state index in [1.807, 2.05) is 23.1 Å². The summed E-state index contributed by atoms with van der Waals surface area (Å²) in [5, 5.41) is 20.0. The number of aliphatic hydroxyl groups is 1. The number of nitrogens with one attached hydrogen (secondary N) is 1. The minimum Gasteiger partial charge on any atom is -0.507 e. The molecule has 3 heterocycles. The smallest absolute Gasteiger partial charge is 0.254 e. The SMILES string of the molecule is O=C(c1ccc2nc(-c3cc(-c4cccnc4Cl)ccc3O)[nH]c2c1)N1CCN(CCO)CC1. The molecule has 5 rings (SSSR count). The van der Waals surface area contributed by atoms with Gasteiger partial charge in [-0.1, -0.05) is 17.7 Å². The van der Waals surface area contributed by atoms with Crippen molar-refractivity contribution in [3.63, 3.8) is 0 Å². The Kier molecular flexibility index (Phi) is 6.19. The van der Waals surface area contributed by atoms with Crippen LogP contribution in [0.3, 0.4) is 0 Å². The number of β-amino-alcohol motifs (C(OH)–C–C–N with tert-alkyl or cyclic N) is 1. The second-order valence-electron chi connectivity index (χ2n) is 8.25. The number of fused-ring (bicyclic) bond motifs is 1. The van der Waals surface area contributed by atoms with Gasteiger partial charge in [0.2, 0.25) is 0 Å². The Labute approximate surface area is 201 Å². The van der Waals surface area contributed by atoms with Gasteiger partial charge in [0.25, 0.3) is 5.91 Å². The summed E-state index contributed by atoms with van der Waals surface area (Å²) in [6, 6.07) is 14.3. The number of imidazole rings is 1. The summed E-state index contributed by atoms with van der Waals surface area (Å²) in [5.74, 6) is 0.550. The number of aromatic hydroxyl groups is 1. The number of rotatable bonds is 5. The highest BCUT2D eigenvalue weighted by molar-refractivity contribution is 6.32. The highest BCUT2D eigenvalue weighted by Crippen LogP contribution is 2.35. The van der Waals surface area contributed by atoms with Crippen molar-refractivity contribution in [2.24, 2.45) is 0 Å². The van der Waals surface area contributed by atoms with Crippen molar-refractivity contribution in [1.82, 2.24) is 24.8 Å². The van der Waals surface area contributed by atoms with Crippen LogP contribution >= 0.6 is 11.6 Å². The van der Waals surface area contributed by atoms with Gasteiger partial charge in [0.1, 0.15) is 16.7 Å². The molecular weight excluding hydrogens is 454 g/mol. The molecule has 0 saturated carbocycles. The first-order chi connectivity index (χ1) is 16.5. The zero-order valence-corrected chi connectivity index (χ0v) is 19.2. The normalized spacial score (nSPS) is 14.6. The van der Waals surface area contributed by atoms with Gasteiger partial charge in [0.15, 0.2) is 0 Å². The average molecular weight is 478 g/mol. The Bertz CT molecular complexity index is 1350. The van der Waals surface area contributed by atoms with Crippen LogP contribution in [-0.4, -0.2) is 80.2 Å². The number of hydrogen-bond acceptors (Lipinski definition) is 6. The zero-order chi connectivity index (χ0) is 23.7. The molecule has 1 aliphatic heterocycles. The van der Waals surface area contributed by atoms with Crippen LogP contribution in [0, 0.1) is 0 Å². The number of piperazine rings is 1. The van der Waals surface area contributed by atoms with Crippen molar-refractivity contribution in [1.29, 1.82) is 0 Å². The third-order valence-electron chi connectivity index (χ3n) is 6.13. The van der Waals surface area contributed by atoms with Gasteiger partial charge < -0.3 is 20.1 Å². The highest BCUT2D eigenvalue weighted by atomic mass is 35.5. The molecule has 2 aromatic carbocycles. The number of carbonyl (C=O) groups excluding carboxylic acids is 1. The van der Waals surface area contributed by atoms with Gasteiger partial charge in [-0.3, -0.25) is 9.69 Å². The average Bonchev–Trinajstić information content (AvgIpc) is 3.28. The number of amides is 1. The van der Waals surface area contributed by atoms with Gasteiger partial charge in [-0.2, -0.15) is 0 Å². The van der Waals surface area contributed by atoms with E-state index in [9.17, 15) is 9.90 Å². The minimum absolute atomic E-state index is 0.0298. The van der Waals surface area contributed by atoms with E-state index in [1.165, 1.54) is 0 Å². The van der Waals surface area contributed by atoms with Gasteiger partial charge in [0, 0.05) is 50.0 Å². The molecule has 1 aliphatic rings. The number of phenols is 1. The maximum absolute atomic E-state index is 13.0. The lowest BCUT2D eigenvalue weighted by molar-refractivity contribution is 0.0615. The summed E-state index contributed by atoms with van der Waals surface area (Å²) in [6.45, 7) is 3.51. The fourth-order valence-electron chi connectivity index (χ4n) is 4.26. The molecule has 174 valence electrons. The van der Waals surface area contributed by atoms with Crippen LogP contribution in [0.25, 0.3) is 33.5 Å². The molecular formula is C25H24ClN5O3. The van der Waals surface area contributed by atoms with Crippen molar-refractivity contribution >= 4 is 28.5 Å². The molecule has 34 heavy (non-hydrogen) atoms. The molecule has 9 heteroatoms. The maximum atomic E-state index is 13.0. The first kappa shape index (κ1) is 22.3. The third kappa shape index (κ3) is 4.35. The summed E-state index contributed by atoms with van der Waals surface area (Å²) in [7, 11) is 0. The van der Waals surface area contributed by atoms with Crippen LogP contribution in [0.4, 0.5) is 0 Å². The predicted octanol–water partition coefficient (Wildman–Crippen LogP) is 3.40. The number of carbonyl (C=O) groups is 1. The maximum Gasteiger partial charge on any atom is 0.254 e. The monoisotopic (exact) mass is 477 g/mol. The van der Waals surface area contributed by atoms with E-state index in [-0.39, 0.29) is 18.3 Å². The van der Waals surface area contributed by atoms with Crippen molar-refractivity contribution in [3.8, 4) is 28.3 Å². The van der Waals surface area contributed by atoms with Crippen LogP contribution < -0.4 is 0 Å². The summed E-state index contributed by atoms with van der Waals surface area (Å²) in [5.41, 5.74) is 4.09. The molecule has 0 aliphatic carbocycles. The van der Waals surface area contributed by atoms with Gasteiger partial charge in [-0.15, -0.1) is 0 Å². The Hall–Kier alpha value is -3.46. The topological polar surface area (TPSA) is 106 Å². The summed E-state index contributed by atoms with van der Waals surface area (Å²) in [6.07, 6.45) is 1.63. The van der Waals surface area contributed by atoms with Gasteiger partial charge in [-0.25, -0.2) is 9.97 Å². The molecule has 1 fully saturated rings. The van der Waals surface area contributed by atoms with E-state index in [0.29, 0.717) is 52.8 Å². The second-order valence-corrected chi connectivity index (χ2v) is 8.61. The summed E-state index contributed by atoms with van der Waals surface area (Å²) >= 11 is 6.25. The first-order valence-electron chi connectivity index (χ1n) is 11.1. The van der Waals surface area contributed by atoms with E-state index in [1.54, 1.807) is 36.5 Å². The molecule has 0 unspecified atom stereocenters. The number of nitrogens with zero attached hydrogens (tertiary/aromatic N) is 4. The molecule has 1 amide bonds. The number of aromatic nitrogens is 3. The number of aromatic amines is 1. The Morgan fingerprint density at radius 1 is 1.06 bits per heavy atom. The second kappa shape index (κ2) is 9.42. The number of halogens is 1. The lowest BCUT2D eigenvalue weighted by Crippen LogP contribution is -2.49. The van der Waals surface area contributed by atoms with Crippen molar-refractivity contribution < 1.29 is 15.0 Å². The third-order valence-corrected chi connectivity index (χ3v) is 6.43. The fourth-order valence-corrected chi connectivity index (χ4v) is 4.49. The molecule has 1 saturated heterocycles. The Morgan fingerprint density at radius 2 is 1.88 bits per heavy atom. The lowest BCUT2D eigenvalue weighted by atomic mass is 10.0. The van der Waals surface area contributed by atoms with Gasteiger partial charge >= 0.3 is 0 Å². The number of pyridine rings is 1. The van der Waals surface area contributed by atoms with E-state index in [2.05, 4.69) is 19.9 Å². The van der Waals surface area contributed by atoms with E-state index in [0.717, 1.165) is 24.2 Å². The fraction of sp³-hybridized carbons (Fsp3) is 0.240. The number of H-pyrrole nitrogens is 1.